The summed E-state index contributed by atoms with van der Waals surface area (Å²) in [4.78, 5) is 15.8. The molecule has 0 saturated carbocycles. The Morgan fingerprint density at radius 3 is 2.95 bits per heavy atom. The van der Waals surface area contributed by atoms with Crippen molar-refractivity contribution in [1.29, 1.82) is 0 Å². The monoisotopic (exact) mass is 276 g/mol. The highest BCUT2D eigenvalue weighted by molar-refractivity contribution is 6.31. The van der Waals surface area contributed by atoms with Gasteiger partial charge in [-0.25, -0.2) is 4.79 Å². The lowest BCUT2D eigenvalue weighted by Gasteiger charge is -2.09. The standard InChI is InChI=1S/C14H13ClN2O2/c1-9-3-2-4-11(13(9)16)14(18)19-8-10-5-6-17-7-12(10)15/h2-7H,8,16H2,1H3. The molecular formula is C14H13ClN2O2. The van der Waals surface area contributed by atoms with Crippen LogP contribution >= 0.6 is 11.6 Å². The number of anilines is 1. The third-order valence-electron chi connectivity index (χ3n) is 2.76. The summed E-state index contributed by atoms with van der Waals surface area (Å²) in [7, 11) is 0. The molecule has 0 aliphatic rings. The van der Waals surface area contributed by atoms with E-state index in [4.69, 9.17) is 22.1 Å². The second-order valence-corrected chi connectivity index (χ2v) is 4.49. The van der Waals surface area contributed by atoms with Gasteiger partial charge in [-0.05, 0) is 24.6 Å². The Balaban J connectivity index is 2.10. The van der Waals surface area contributed by atoms with Crippen LogP contribution in [0, 0.1) is 6.92 Å². The Labute approximate surface area is 116 Å². The van der Waals surface area contributed by atoms with E-state index in [1.807, 2.05) is 13.0 Å². The lowest BCUT2D eigenvalue weighted by Crippen LogP contribution is -2.09. The topological polar surface area (TPSA) is 65.2 Å². The third-order valence-corrected chi connectivity index (χ3v) is 3.10. The molecule has 0 bridgehead atoms. The van der Waals surface area contributed by atoms with Crippen molar-refractivity contribution < 1.29 is 9.53 Å². The molecule has 0 saturated heterocycles. The number of ether oxygens (including phenoxy) is 1. The fourth-order valence-corrected chi connectivity index (χ4v) is 1.77. The van der Waals surface area contributed by atoms with Gasteiger partial charge in [0.25, 0.3) is 0 Å². The number of hydrogen-bond acceptors (Lipinski definition) is 4. The Morgan fingerprint density at radius 1 is 1.42 bits per heavy atom. The molecule has 98 valence electrons. The van der Waals surface area contributed by atoms with Crippen molar-refractivity contribution in [2.45, 2.75) is 13.5 Å². The number of hydrogen-bond donors (Lipinski definition) is 1. The summed E-state index contributed by atoms with van der Waals surface area (Å²) in [6.45, 7) is 1.93. The lowest BCUT2D eigenvalue weighted by molar-refractivity contribution is 0.0474. The largest absolute Gasteiger partial charge is 0.457 e. The minimum absolute atomic E-state index is 0.0908. The van der Waals surface area contributed by atoms with Crippen LogP contribution in [0.1, 0.15) is 21.5 Å². The highest BCUT2D eigenvalue weighted by Gasteiger charge is 2.13. The number of nitrogen functional groups attached to an aromatic ring is 1. The Kier molecular flexibility index (Phi) is 4.02. The second kappa shape index (κ2) is 5.71. The number of para-hydroxylation sites is 1. The van der Waals surface area contributed by atoms with Gasteiger partial charge < -0.3 is 10.5 Å². The van der Waals surface area contributed by atoms with Gasteiger partial charge in [-0.2, -0.15) is 0 Å². The molecule has 2 aromatic rings. The van der Waals surface area contributed by atoms with Gasteiger partial charge in [0.05, 0.1) is 10.6 Å². The van der Waals surface area contributed by atoms with E-state index in [1.54, 1.807) is 24.4 Å². The molecule has 0 spiro atoms. The molecule has 0 unspecified atom stereocenters. The number of esters is 1. The highest BCUT2D eigenvalue weighted by Crippen LogP contribution is 2.19. The van der Waals surface area contributed by atoms with Crippen LogP contribution in [0.25, 0.3) is 0 Å². The quantitative estimate of drug-likeness (QED) is 0.691. The molecule has 0 radical (unpaired) electrons. The summed E-state index contributed by atoms with van der Waals surface area (Å²) >= 11 is 5.93. The number of halogens is 1. The molecule has 1 heterocycles. The molecule has 4 nitrogen and oxygen atoms in total. The van der Waals surface area contributed by atoms with E-state index in [0.29, 0.717) is 21.8 Å². The molecule has 5 heteroatoms. The van der Waals surface area contributed by atoms with Crippen LogP contribution < -0.4 is 5.73 Å². The normalized spacial score (nSPS) is 10.2. The first-order valence-corrected chi connectivity index (χ1v) is 6.08. The van der Waals surface area contributed by atoms with Gasteiger partial charge >= 0.3 is 5.97 Å². The van der Waals surface area contributed by atoms with E-state index >= 15 is 0 Å². The molecule has 2 rings (SSSR count). The predicted octanol–water partition coefficient (Wildman–Crippen LogP) is 2.98. The number of aromatic nitrogens is 1. The van der Waals surface area contributed by atoms with Gasteiger partial charge in [-0.3, -0.25) is 4.98 Å². The molecule has 2 N–H and O–H groups in total. The van der Waals surface area contributed by atoms with Crippen LogP contribution in [0.15, 0.2) is 36.7 Å². The SMILES string of the molecule is Cc1cccc(C(=O)OCc2ccncc2Cl)c1N. The predicted molar refractivity (Wildman–Crippen MR) is 74.0 cm³/mol. The Hall–Kier alpha value is -2.07. The zero-order chi connectivity index (χ0) is 13.8. The van der Waals surface area contributed by atoms with Gasteiger partial charge in [0.15, 0.2) is 0 Å². The van der Waals surface area contributed by atoms with E-state index in [-0.39, 0.29) is 6.61 Å². The summed E-state index contributed by atoms with van der Waals surface area (Å²) in [5, 5.41) is 0.465. The average molecular weight is 277 g/mol. The van der Waals surface area contributed by atoms with E-state index in [0.717, 1.165) is 5.56 Å². The number of pyridine rings is 1. The first-order chi connectivity index (χ1) is 9.09. The average Bonchev–Trinajstić information content (AvgIpc) is 2.40. The van der Waals surface area contributed by atoms with Crippen LogP contribution in [0.5, 0.6) is 0 Å². The molecule has 0 atom stereocenters. The van der Waals surface area contributed by atoms with Crippen molar-refractivity contribution in [2.24, 2.45) is 0 Å². The Bertz CT molecular complexity index is 614. The first-order valence-electron chi connectivity index (χ1n) is 5.70. The zero-order valence-corrected chi connectivity index (χ0v) is 11.1. The maximum atomic E-state index is 11.9. The minimum atomic E-state index is -0.464. The van der Waals surface area contributed by atoms with E-state index in [9.17, 15) is 4.79 Å². The molecule has 0 amide bonds. The molecule has 0 fully saturated rings. The third kappa shape index (κ3) is 3.03. The first kappa shape index (κ1) is 13.4. The lowest BCUT2D eigenvalue weighted by atomic mass is 10.1. The summed E-state index contributed by atoms with van der Waals surface area (Å²) in [6.07, 6.45) is 3.10. The van der Waals surface area contributed by atoms with E-state index < -0.39 is 5.97 Å². The van der Waals surface area contributed by atoms with Crippen LogP contribution in [-0.4, -0.2) is 11.0 Å². The van der Waals surface area contributed by atoms with Crippen molar-refractivity contribution in [1.82, 2.24) is 4.98 Å². The number of benzene rings is 1. The molecule has 0 aliphatic heterocycles. The van der Waals surface area contributed by atoms with Gasteiger partial charge in [0.2, 0.25) is 0 Å². The van der Waals surface area contributed by atoms with Gasteiger partial charge in [0.1, 0.15) is 6.61 Å². The summed E-state index contributed by atoms with van der Waals surface area (Å²) < 4.78 is 5.20. The fourth-order valence-electron chi connectivity index (χ4n) is 1.60. The molecule has 19 heavy (non-hydrogen) atoms. The molecule has 0 aliphatic carbocycles. The minimum Gasteiger partial charge on any atom is -0.457 e. The summed E-state index contributed by atoms with van der Waals surface area (Å²) in [5.74, 6) is -0.464. The van der Waals surface area contributed by atoms with Crippen LogP contribution in [0.3, 0.4) is 0 Å². The number of nitrogens with two attached hydrogens (primary N) is 1. The van der Waals surface area contributed by atoms with E-state index in [2.05, 4.69) is 4.98 Å². The van der Waals surface area contributed by atoms with Crippen molar-refractivity contribution in [3.8, 4) is 0 Å². The smallest absolute Gasteiger partial charge is 0.340 e. The van der Waals surface area contributed by atoms with Crippen molar-refractivity contribution in [2.75, 3.05) is 5.73 Å². The van der Waals surface area contributed by atoms with Gasteiger partial charge in [-0.15, -0.1) is 0 Å². The fraction of sp³-hybridized carbons (Fsp3) is 0.143. The molecule has 1 aromatic carbocycles. The second-order valence-electron chi connectivity index (χ2n) is 4.08. The zero-order valence-electron chi connectivity index (χ0n) is 10.4. The number of carbonyl (C=O) groups excluding carboxylic acids is 1. The highest BCUT2D eigenvalue weighted by atomic mass is 35.5. The van der Waals surface area contributed by atoms with Crippen molar-refractivity contribution in [3.05, 3.63) is 58.4 Å². The van der Waals surface area contributed by atoms with Crippen molar-refractivity contribution >= 4 is 23.3 Å². The maximum Gasteiger partial charge on any atom is 0.340 e. The van der Waals surface area contributed by atoms with Crippen LogP contribution in [0.4, 0.5) is 5.69 Å². The number of carbonyl (C=O) groups is 1. The number of nitrogens with zero attached hydrogens (tertiary/aromatic N) is 1. The van der Waals surface area contributed by atoms with Gasteiger partial charge in [-0.1, -0.05) is 23.7 Å². The van der Waals surface area contributed by atoms with Crippen molar-refractivity contribution in [3.63, 3.8) is 0 Å². The maximum absolute atomic E-state index is 11.9. The van der Waals surface area contributed by atoms with Crippen LogP contribution in [-0.2, 0) is 11.3 Å². The Morgan fingerprint density at radius 2 is 2.21 bits per heavy atom. The van der Waals surface area contributed by atoms with Crippen LogP contribution in [0.2, 0.25) is 5.02 Å². The van der Waals surface area contributed by atoms with Gasteiger partial charge in [0, 0.05) is 23.6 Å². The number of aryl methyl sites for hydroxylation is 1. The molecule has 1 aromatic heterocycles. The van der Waals surface area contributed by atoms with E-state index in [1.165, 1.54) is 6.20 Å². The number of rotatable bonds is 3. The summed E-state index contributed by atoms with van der Waals surface area (Å²) in [5.41, 5.74) is 8.20. The summed E-state index contributed by atoms with van der Waals surface area (Å²) in [6, 6.07) is 6.95. The molecular weight excluding hydrogens is 264 g/mol.